The van der Waals surface area contributed by atoms with Gasteiger partial charge in [-0.15, -0.1) is 0 Å². The van der Waals surface area contributed by atoms with E-state index in [4.69, 9.17) is 9.47 Å². The van der Waals surface area contributed by atoms with E-state index in [9.17, 15) is 9.59 Å². The summed E-state index contributed by atoms with van der Waals surface area (Å²) in [7, 11) is 1.61. The molecule has 7 heteroatoms. The summed E-state index contributed by atoms with van der Waals surface area (Å²) in [5, 5.41) is 3.01. The van der Waals surface area contributed by atoms with Gasteiger partial charge in [-0.05, 0) is 68.1 Å². The molecule has 0 aliphatic heterocycles. The van der Waals surface area contributed by atoms with Gasteiger partial charge in [0.2, 0.25) is 5.91 Å². The monoisotopic (exact) mass is 504 g/mol. The highest BCUT2D eigenvalue weighted by Crippen LogP contribution is 2.22. The molecule has 0 aromatic heterocycles. The van der Waals surface area contributed by atoms with Crippen molar-refractivity contribution in [1.29, 1.82) is 0 Å². The van der Waals surface area contributed by atoms with Crippen molar-refractivity contribution >= 4 is 27.7 Å². The maximum absolute atomic E-state index is 13.2. The van der Waals surface area contributed by atoms with Crippen LogP contribution in [0, 0.1) is 6.92 Å². The fraction of sp³-hybridized carbons (Fsp3) is 0.440. The Bertz CT molecular complexity index is 901. The van der Waals surface area contributed by atoms with Crippen LogP contribution in [0.2, 0.25) is 0 Å². The van der Waals surface area contributed by atoms with E-state index in [1.807, 2.05) is 70.2 Å². The summed E-state index contributed by atoms with van der Waals surface area (Å²) in [6.07, 6.45) is 1.32. The van der Waals surface area contributed by atoms with Crippen molar-refractivity contribution in [3.8, 4) is 11.5 Å². The van der Waals surface area contributed by atoms with Crippen LogP contribution in [-0.2, 0) is 16.1 Å². The number of hydrogen-bond acceptors (Lipinski definition) is 4. The van der Waals surface area contributed by atoms with E-state index < -0.39 is 6.04 Å². The topological polar surface area (TPSA) is 67.9 Å². The lowest BCUT2D eigenvalue weighted by Gasteiger charge is -2.31. The van der Waals surface area contributed by atoms with E-state index in [1.165, 1.54) is 0 Å². The van der Waals surface area contributed by atoms with Crippen LogP contribution in [0.3, 0.4) is 0 Å². The molecule has 0 aliphatic carbocycles. The van der Waals surface area contributed by atoms with E-state index in [0.717, 1.165) is 27.8 Å². The molecule has 0 unspecified atom stereocenters. The number of methoxy groups -OCH3 is 1. The lowest BCUT2D eigenvalue weighted by atomic mass is 10.1. The van der Waals surface area contributed by atoms with Crippen molar-refractivity contribution in [3.63, 3.8) is 0 Å². The first-order valence-corrected chi connectivity index (χ1v) is 11.7. The second kappa shape index (κ2) is 12.5. The normalized spacial score (nSPS) is 12.6. The van der Waals surface area contributed by atoms with Crippen molar-refractivity contribution in [3.05, 3.63) is 58.1 Å². The molecule has 0 aliphatic rings. The third-order valence-electron chi connectivity index (χ3n) is 5.39. The molecule has 1 N–H and O–H groups in total. The van der Waals surface area contributed by atoms with Crippen LogP contribution < -0.4 is 14.8 Å². The lowest BCUT2D eigenvalue weighted by Crippen LogP contribution is -2.51. The first-order chi connectivity index (χ1) is 15.3. The summed E-state index contributed by atoms with van der Waals surface area (Å²) < 4.78 is 12.0. The molecule has 0 saturated heterocycles. The molecule has 0 saturated carbocycles. The van der Waals surface area contributed by atoms with Gasteiger partial charge in [0.05, 0.1) is 7.11 Å². The van der Waals surface area contributed by atoms with E-state index in [1.54, 1.807) is 12.0 Å². The zero-order valence-electron chi connectivity index (χ0n) is 19.5. The molecule has 0 heterocycles. The standard InChI is InChI=1S/C25H33BrN2O4/c1-6-18(4)27-25(30)23(7-2)28(15-19-8-10-20(31-5)11-9-19)24(29)16-32-21-12-13-22(26)17(3)14-21/h8-14,18,23H,6-7,15-16H2,1-5H3,(H,27,30)/t18-,23-/m1/s1. The quantitative estimate of drug-likeness (QED) is 0.474. The molecule has 2 rings (SSSR count). The lowest BCUT2D eigenvalue weighted by molar-refractivity contribution is -0.143. The van der Waals surface area contributed by atoms with Gasteiger partial charge in [-0.3, -0.25) is 9.59 Å². The number of carbonyl (C=O) groups is 2. The Balaban J connectivity index is 2.22. The molecule has 174 valence electrons. The molecular weight excluding hydrogens is 472 g/mol. The highest BCUT2D eigenvalue weighted by molar-refractivity contribution is 9.10. The van der Waals surface area contributed by atoms with Crippen molar-refractivity contribution in [2.75, 3.05) is 13.7 Å². The highest BCUT2D eigenvalue weighted by atomic mass is 79.9. The molecule has 2 aromatic carbocycles. The van der Waals surface area contributed by atoms with Crippen LogP contribution in [0.5, 0.6) is 11.5 Å². The molecule has 0 fully saturated rings. The molecule has 6 nitrogen and oxygen atoms in total. The zero-order chi connectivity index (χ0) is 23.7. The van der Waals surface area contributed by atoms with E-state index in [0.29, 0.717) is 18.7 Å². The van der Waals surface area contributed by atoms with Crippen LogP contribution in [-0.4, -0.2) is 42.5 Å². The van der Waals surface area contributed by atoms with Gasteiger partial charge < -0.3 is 19.7 Å². The maximum Gasteiger partial charge on any atom is 0.261 e. The molecule has 2 amide bonds. The minimum atomic E-state index is -0.589. The summed E-state index contributed by atoms with van der Waals surface area (Å²) in [5.41, 5.74) is 1.93. The number of nitrogens with one attached hydrogen (secondary N) is 1. The Labute approximate surface area is 199 Å². The summed E-state index contributed by atoms with van der Waals surface area (Å²) in [5.74, 6) is 0.957. The van der Waals surface area contributed by atoms with E-state index >= 15 is 0 Å². The van der Waals surface area contributed by atoms with Crippen molar-refractivity contribution in [2.24, 2.45) is 0 Å². The SMILES string of the molecule is CC[C@@H](C)NC(=O)[C@@H](CC)N(Cc1ccc(OC)cc1)C(=O)COc1ccc(Br)c(C)c1. The Morgan fingerprint density at radius 2 is 1.72 bits per heavy atom. The first-order valence-electron chi connectivity index (χ1n) is 10.9. The van der Waals surface area contributed by atoms with Crippen LogP contribution in [0.15, 0.2) is 46.9 Å². The van der Waals surface area contributed by atoms with Crippen LogP contribution >= 0.6 is 15.9 Å². The average Bonchev–Trinajstić information content (AvgIpc) is 2.79. The summed E-state index contributed by atoms with van der Waals surface area (Å²) >= 11 is 3.47. The number of halogens is 1. The van der Waals surface area contributed by atoms with Crippen LogP contribution in [0.1, 0.15) is 44.7 Å². The number of carbonyl (C=O) groups excluding carboxylic acids is 2. The first kappa shape index (κ1) is 25.7. The van der Waals surface area contributed by atoms with Gasteiger partial charge in [0.1, 0.15) is 17.5 Å². The number of aryl methyl sites for hydroxylation is 1. The largest absolute Gasteiger partial charge is 0.497 e. The predicted octanol–water partition coefficient (Wildman–Crippen LogP) is 4.87. The van der Waals surface area contributed by atoms with Crippen molar-refractivity contribution in [1.82, 2.24) is 10.2 Å². The van der Waals surface area contributed by atoms with Gasteiger partial charge in [-0.25, -0.2) is 0 Å². The molecule has 0 spiro atoms. The van der Waals surface area contributed by atoms with Gasteiger partial charge in [0, 0.05) is 17.1 Å². The number of ether oxygens (including phenoxy) is 2. The maximum atomic E-state index is 13.2. The Morgan fingerprint density at radius 1 is 1.06 bits per heavy atom. The summed E-state index contributed by atoms with van der Waals surface area (Å²) in [6, 6.07) is 12.5. The smallest absolute Gasteiger partial charge is 0.261 e. The minimum Gasteiger partial charge on any atom is -0.497 e. The molecule has 32 heavy (non-hydrogen) atoms. The van der Waals surface area contributed by atoms with E-state index in [2.05, 4.69) is 21.2 Å². The molecule has 2 atom stereocenters. The van der Waals surface area contributed by atoms with Gasteiger partial charge >= 0.3 is 0 Å². The van der Waals surface area contributed by atoms with Crippen LogP contribution in [0.25, 0.3) is 0 Å². The highest BCUT2D eigenvalue weighted by Gasteiger charge is 2.29. The summed E-state index contributed by atoms with van der Waals surface area (Å²) in [6.45, 7) is 8.00. The van der Waals surface area contributed by atoms with Crippen LogP contribution in [0.4, 0.5) is 0 Å². The second-order valence-electron chi connectivity index (χ2n) is 7.81. The zero-order valence-corrected chi connectivity index (χ0v) is 21.1. The fourth-order valence-electron chi connectivity index (χ4n) is 3.22. The van der Waals surface area contributed by atoms with E-state index in [-0.39, 0.29) is 24.5 Å². The molecule has 2 aromatic rings. The second-order valence-corrected chi connectivity index (χ2v) is 8.67. The average molecular weight is 505 g/mol. The number of rotatable bonds is 11. The Hall–Kier alpha value is -2.54. The minimum absolute atomic E-state index is 0.0384. The van der Waals surface area contributed by atoms with Crippen molar-refractivity contribution < 1.29 is 19.1 Å². The molecular formula is C25H33BrN2O4. The van der Waals surface area contributed by atoms with Crippen molar-refractivity contribution in [2.45, 2.75) is 59.2 Å². The Morgan fingerprint density at radius 3 is 2.28 bits per heavy atom. The Kier molecular flexibility index (Phi) is 10.0. The predicted molar refractivity (Wildman–Crippen MR) is 130 cm³/mol. The number of amides is 2. The molecule has 0 bridgehead atoms. The summed E-state index contributed by atoms with van der Waals surface area (Å²) in [4.78, 5) is 27.8. The van der Waals surface area contributed by atoms with Gasteiger partial charge in [0.25, 0.3) is 5.91 Å². The number of hydrogen-bond donors (Lipinski definition) is 1. The molecule has 0 radical (unpaired) electrons. The fourth-order valence-corrected chi connectivity index (χ4v) is 3.47. The number of nitrogens with zero attached hydrogens (tertiary/aromatic N) is 1. The van der Waals surface area contributed by atoms with Gasteiger partial charge in [-0.1, -0.05) is 41.9 Å². The number of benzene rings is 2. The van der Waals surface area contributed by atoms with Gasteiger partial charge in [0.15, 0.2) is 6.61 Å². The van der Waals surface area contributed by atoms with Gasteiger partial charge in [-0.2, -0.15) is 0 Å². The third kappa shape index (κ3) is 7.26. The third-order valence-corrected chi connectivity index (χ3v) is 6.28.